The summed E-state index contributed by atoms with van der Waals surface area (Å²) in [6, 6.07) is 0. The molecular formula is C9H12N4O3. The lowest BCUT2D eigenvalue weighted by Crippen LogP contribution is -2.29. The molecule has 0 fully saturated rings. The molecule has 2 rings (SSSR count). The van der Waals surface area contributed by atoms with Crippen LogP contribution in [-0.4, -0.2) is 38.3 Å². The van der Waals surface area contributed by atoms with E-state index in [0.717, 1.165) is 0 Å². The van der Waals surface area contributed by atoms with Gasteiger partial charge in [0.25, 0.3) is 5.91 Å². The number of carbonyl (C=O) groups is 2. The summed E-state index contributed by atoms with van der Waals surface area (Å²) in [6.45, 7) is 1.21. The first-order chi connectivity index (χ1) is 7.59. The van der Waals surface area contributed by atoms with Crippen molar-refractivity contribution in [3.8, 4) is 0 Å². The fourth-order valence-corrected chi connectivity index (χ4v) is 1.81. The van der Waals surface area contributed by atoms with Crippen molar-refractivity contribution >= 4 is 12.0 Å². The Labute approximate surface area is 91.4 Å². The Bertz CT molecular complexity index is 440. The van der Waals surface area contributed by atoms with Gasteiger partial charge >= 0.3 is 6.09 Å². The van der Waals surface area contributed by atoms with Crippen molar-refractivity contribution in [1.82, 2.24) is 14.7 Å². The van der Waals surface area contributed by atoms with Crippen LogP contribution >= 0.6 is 0 Å². The number of hydrogen-bond acceptors (Lipinski definition) is 3. The molecule has 0 aliphatic carbocycles. The van der Waals surface area contributed by atoms with E-state index in [4.69, 9.17) is 10.8 Å². The number of carbonyl (C=O) groups excluding carboxylic acids is 1. The molecule has 0 saturated carbocycles. The maximum absolute atomic E-state index is 11.1. The lowest BCUT2D eigenvalue weighted by Gasteiger charge is -2.15. The third-order valence-electron chi connectivity index (χ3n) is 2.62. The standard InChI is InChI=1S/C9H12N4O3/c10-8(14)6-4-11-13-3-1-2-12(9(15)16)5-7(6)13/h4H,1-3,5H2,(H2,10,14)(H,15,16). The normalized spacial score (nSPS) is 15.4. The van der Waals surface area contributed by atoms with Crippen LogP contribution in [0.4, 0.5) is 4.79 Å². The molecule has 16 heavy (non-hydrogen) atoms. The van der Waals surface area contributed by atoms with Crippen LogP contribution in [0.1, 0.15) is 22.5 Å². The zero-order valence-corrected chi connectivity index (χ0v) is 8.59. The van der Waals surface area contributed by atoms with Crippen LogP contribution in [0.3, 0.4) is 0 Å². The van der Waals surface area contributed by atoms with Crippen LogP contribution in [0.15, 0.2) is 6.20 Å². The maximum atomic E-state index is 11.1. The second-order valence-electron chi connectivity index (χ2n) is 3.65. The van der Waals surface area contributed by atoms with Gasteiger partial charge < -0.3 is 15.7 Å². The van der Waals surface area contributed by atoms with Gasteiger partial charge in [-0.3, -0.25) is 9.48 Å². The van der Waals surface area contributed by atoms with Crippen molar-refractivity contribution in [3.05, 3.63) is 17.5 Å². The molecule has 7 heteroatoms. The molecule has 1 aromatic rings. The first kappa shape index (κ1) is 10.5. The minimum Gasteiger partial charge on any atom is -0.465 e. The van der Waals surface area contributed by atoms with E-state index in [-0.39, 0.29) is 6.54 Å². The number of nitrogens with zero attached hydrogens (tertiary/aromatic N) is 3. The van der Waals surface area contributed by atoms with Gasteiger partial charge in [-0.15, -0.1) is 0 Å². The average molecular weight is 224 g/mol. The molecule has 0 atom stereocenters. The lowest BCUT2D eigenvalue weighted by molar-refractivity contribution is 0.0996. The molecule has 86 valence electrons. The summed E-state index contributed by atoms with van der Waals surface area (Å²) < 4.78 is 1.64. The zero-order valence-electron chi connectivity index (χ0n) is 8.59. The smallest absolute Gasteiger partial charge is 0.407 e. The number of nitrogens with two attached hydrogens (primary N) is 1. The van der Waals surface area contributed by atoms with Crippen LogP contribution in [-0.2, 0) is 13.1 Å². The van der Waals surface area contributed by atoms with Gasteiger partial charge in [0.2, 0.25) is 0 Å². The Morgan fingerprint density at radius 2 is 2.19 bits per heavy atom. The van der Waals surface area contributed by atoms with Crippen molar-refractivity contribution < 1.29 is 14.7 Å². The zero-order chi connectivity index (χ0) is 11.7. The Kier molecular flexibility index (Phi) is 2.51. The van der Waals surface area contributed by atoms with Crippen molar-refractivity contribution in [2.24, 2.45) is 5.73 Å². The largest absolute Gasteiger partial charge is 0.465 e. The molecule has 0 spiro atoms. The van der Waals surface area contributed by atoms with Crippen molar-refractivity contribution in [1.29, 1.82) is 0 Å². The van der Waals surface area contributed by atoms with Crippen LogP contribution in [0, 0.1) is 0 Å². The van der Waals surface area contributed by atoms with E-state index >= 15 is 0 Å². The van der Waals surface area contributed by atoms with Gasteiger partial charge in [0, 0.05) is 13.1 Å². The van der Waals surface area contributed by atoms with Crippen LogP contribution in [0.5, 0.6) is 0 Å². The Balaban J connectivity index is 2.36. The SMILES string of the molecule is NC(=O)c1cnn2c1CN(C(=O)O)CCC2. The first-order valence-electron chi connectivity index (χ1n) is 4.92. The second kappa shape index (κ2) is 3.84. The van der Waals surface area contributed by atoms with Gasteiger partial charge in [0.05, 0.1) is 24.0 Å². The molecule has 0 unspecified atom stereocenters. The van der Waals surface area contributed by atoms with Crippen LogP contribution in [0.25, 0.3) is 0 Å². The number of fused-ring (bicyclic) bond motifs is 1. The summed E-state index contributed by atoms with van der Waals surface area (Å²) >= 11 is 0. The van der Waals surface area contributed by atoms with Crippen molar-refractivity contribution in [2.75, 3.05) is 6.54 Å². The van der Waals surface area contributed by atoms with Crippen LogP contribution < -0.4 is 5.73 Å². The van der Waals surface area contributed by atoms with E-state index < -0.39 is 12.0 Å². The van der Waals surface area contributed by atoms with E-state index in [2.05, 4.69) is 5.10 Å². The fourth-order valence-electron chi connectivity index (χ4n) is 1.81. The summed E-state index contributed by atoms with van der Waals surface area (Å²) in [5.74, 6) is -0.575. The number of hydrogen-bond donors (Lipinski definition) is 2. The molecule has 2 heterocycles. The monoisotopic (exact) mass is 224 g/mol. The quantitative estimate of drug-likeness (QED) is 0.693. The molecule has 0 radical (unpaired) electrons. The number of aryl methyl sites for hydroxylation is 1. The number of amides is 2. The molecule has 0 aromatic carbocycles. The third-order valence-corrected chi connectivity index (χ3v) is 2.62. The molecule has 7 nitrogen and oxygen atoms in total. The molecule has 0 saturated heterocycles. The molecule has 1 aromatic heterocycles. The van der Waals surface area contributed by atoms with E-state index in [0.29, 0.717) is 30.8 Å². The summed E-state index contributed by atoms with van der Waals surface area (Å²) in [6.07, 6.45) is 1.08. The molecule has 1 aliphatic rings. The highest BCUT2D eigenvalue weighted by molar-refractivity contribution is 5.93. The van der Waals surface area contributed by atoms with E-state index in [1.54, 1.807) is 4.68 Å². The molecule has 1 aliphatic heterocycles. The summed E-state index contributed by atoms with van der Waals surface area (Å²) in [4.78, 5) is 23.3. The Morgan fingerprint density at radius 3 is 2.81 bits per heavy atom. The minimum atomic E-state index is -0.995. The Morgan fingerprint density at radius 1 is 1.44 bits per heavy atom. The van der Waals surface area contributed by atoms with Gasteiger partial charge in [0.1, 0.15) is 0 Å². The van der Waals surface area contributed by atoms with Crippen molar-refractivity contribution in [3.63, 3.8) is 0 Å². The fraction of sp³-hybridized carbons (Fsp3) is 0.444. The topological polar surface area (TPSA) is 101 Å². The van der Waals surface area contributed by atoms with Gasteiger partial charge in [-0.1, -0.05) is 0 Å². The van der Waals surface area contributed by atoms with Gasteiger partial charge in [-0.2, -0.15) is 5.10 Å². The molecule has 0 bridgehead atoms. The van der Waals surface area contributed by atoms with Crippen molar-refractivity contribution in [2.45, 2.75) is 19.5 Å². The minimum absolute atomic E-state index is 0.160. The highest BCUT2D eigenvalue weighted by atomic mass is 16.4. The average Bonchev–Trinajstić information content (AvgIpc) is 2.48. The Hall–Kier alpha value is -2.05. The van der Waals surface area contributed by atoms with Crippen LogP contribution in [0.2, 0.25) is 0 Å². The number of primary amides is 1. The lowest BCUT2D eigenvalue weighted by atomic mass is 10.2. The number of carboxylic acid groups (broad SMARTS) is 1. The number of aromatic nitrogens is 2. The summed E-state index contributed by atoms with van der Waals surface area (Å²) in [7, 11) is 0. The predicted octanol–water partition coefficient (Wildman–Crippen LogP) is -0.134. The van der Waals surface area contributed by atoms with Gasteiger partial charge in [0.15, 0.2) is 0 Å². The summed E-state index contributed by atoms with van der Waals surface area (Å²) in [5.41, 5.74) is 6.07. The van der Waals surface area contributed by atoms with E-state index in [1.807, 2.05) is 0 Å². The van der Waals surface area contributed by atoms with E-state index in [1.165, 1.54) is 11.1 Å². The predicted molar refractivity (Wildman–Crippen MR) is 53.8 cm³/mol. The van der Waals surface area contributed by atoms with E-state index in [9.17, 15) is 9.59 Å². The summed E-state index contributed by atoms with van der Waals surface area (Å²) in [5, 5.41) is 13.0. The highest BCUT2D eigenvalue weighted by Gasteiger charge is 2.23. The molecule has 2 amide bonds. The maximum Gasteiger partial charge on any atom is 0.407 e. The molecular weight excluding hydrogens is 212 g/mol. The molecule has 3 N–H and O–H groups in total. The second-order valence-corrected chi connectivity index (χ2v) is 3.65. The van der Waals surface area contributed by atoms with Gasteiger partial charge in [-0.05, 0) is 6.42 Å². The van der Waals surface area contributed by atoms with Gasteiger partial charge in [-0.25, -0.2) is 4.79 Å². The third kappa shape index (κ3) is 1.71. The first-order valence-corrected chi connectivity index (χ1v) is 4.92. The number of rotatable bonds is 1. The highest BCUT2D eigenvalue weighted by Crippen LogP contribution is 2.15.